The van der Waals surface area contributed by atoms with Gasteiger partial charge in [-0.3, -0.25) is 0 Å². The lowest BCUT2D eigenvalue weighted by Crippen LogP contribution is -2.26. The first-order chi connectivity index (χ1) is 26.2. The summed E-state index contributed by atoms with van der Waals surface area (Å²) in [6, 6.07) is 50.0. The molecule has 0 radical (unpaired) electrons. The fourth-order valence-electron chi connectivity index (χ4n) is 7.77. The average Bonchev–Trinajstić information content (AvgIpc) is 3.21. The highest BCUT2D eigenvalue weighted by Crippen LogP contribution is 2.49. The highest BCUT2D eigenvalue weighted by atomic mass is 16.5. The second kappa shape index (κ2) is 15.9. The predicted molar refractivity (Wildman–Crippen MR) is 224 cm³/mol. The van der Waals surface area contributed by atoms with Crippen LogP contribution < -0.4 is 9.47 Å². The average molecular weight is 715 g/mol. The van der Waals surface area contributed by atoms with E-state index >= 15 is 0 Å². The van der Waals surface area contributed by atoms with Crippen LogP contribution in [0.4, 0.5) is 0 Å². The predicted octanol–water partition coefficient (Wildman–Crippen LogP) is 11.7. The standard InChI is InChI=1S/C50H50O4/c1-33(2)44-29-42(31-46(48(44)53-25-23-51)39-21-19-35-13-9-11-15-37(35)27-39)50(5,41-17-7-6-8-18-41)43-30-45(34(3)4)49(54-26-24-52)47(32-43)40-22-20-36-14-10-12-16-38(36)28-40/h6-22,27-34,51-52H,23-26H2,1-5H3. The molecular formula is C50H50O4. The zero-order valence-electron chi connectivity index (χ0n) is 32.0. The third-order valence-electron chi connectivity index (χ3n) is 10.8. The maximum Gasteiger partial charge on any atom is 0.130 e. The Morgan fingerprint density at radius 3 is 1.28 bits per heavy atom. The van der Waals surface area contributed by atoms with E-state index in [9.17, 15) is 10.2 Å². The molecule has 274 valence electrons. The lowest BCUT2D eigenvalue weighted by Gasteiger charge is -2.35. The minimum atomic E-state index is -0.614. The van der Waals surface area contributed by atoms with Crippen molar-refractivity contribution >= 4 is 21.5 Å². The monoisotopic (exact) mass is 714 g/mol. The van der Waals surface area contributed by atoms with Crippen molar-refractivity contribution < 1.29 is 19.7 Å². The number of benzene rings is 7. The first-order valence-corrected chi connectivity index (χ1v) is 19.1. The van der Waals surface area contributed by atoms with Crippen LogP contribution in [-0.4, -0.2) is 36.6 Å². The topological polar surface area (TPSA) is 58.9 Å². The van der Waals surface area contributed by atoms with Crippen molar-refractivity contribution in [1.82, 2.24) is 0 Å². The van der Waals surface area contributed by atoms with Crippen molar-refractivity contribution in [2.75, 3.05) is 26.4 Å². The SMILES string of the molecule is CC(C)c1cc(C(C)(c2ccccc2)c2cc(-c3ccc4ccccc4c3)c(OCCO)c(C(C)C)c2)cc(-c2ccc3ccccc3c2)c1OCCO. The third kappa shape index (κ3) is 7.12. The summed E-state index contributed by atoms with van der Waals surface area (Å²) in [6.45, 7) is 11.4. The van der Waals surface area contributed by atoms with Gasteiger partial charge in [0.1, 0.15) is 24.7 Å². The smallest absolute Gasteiger partial charge is 0.130 e. The van der Waals surface area contributed by atoms with Crippen molar-refractivity contribution in [2.45, 2.75) is 51.9 Å². The molecule has 0 unspecified atom stereocenters. The second-order valence-corrected chi connectivity index (χ2v) is 15.0. The van der Waals surface area contributed by atoms with E-state index < -0.39 is 5.41 Å². The minimum Gasteiger partial charge on any atom is -0.490 e. The van der Waals surface area contributed by atoms with Gasteiger partial charge in [-0.2, -0.15) is 0 Å². The maximum absolute atomic E-state index is 9.92. The molecule has 0 amide bonds. The molecule has 0 spiro atoms. The first kappa shape index (κ1) is 36.9. The molecule has 54 heavy (non-hydrogen) atoms. The highest BCUT2D eigenvalue weighted by Gasteiger charge is 2.35. The van der Waals surface area contributed by atoms with Crippen LogP contribution in [0, 0.1) is 0 Å². The van der Waals surface area contributed by atoms with Crippen LogP contribution in [0.15, 0.2) is 140 Å². The number of hydrogen-bond acceptors (Lipinski definition) is 4. The summed E-state index contributed by atoms with van der Waals surface area (Å²) in [5, 5.41) is 24.5. The van der Waals surface area contributed by atoms with E-state index in [1.54, 1.807) is 0 Å². The fourth-order valence-corrected chi connectivity index (χ4v) is 7.77. The van der Waals surface area contributed by atoms with Crippen LogP contribution in [0.5, 0.6) is 11.5 Å². The van der Waals surface area contributed by atoms with Gasteiger partial charge >= 0.3 is 0 Å². The van der Waals surface area contributed by atoms with Crippen LogP contribution in [0.25, 0.3) is 43.8 Å². The molecule has 0 aliphatic rings. The van der Waals surface area contributed by atoms with E-state index in [0.717, 1.165) is 72.3 Å². The van der Waals surface area contributed by atoms with Crippen LogP contribution in [0.2, 0.25) is 0 Å². The lowest BCUT2D eigenvalue weighted by molar-refractivity contribution is 0.200. The van der Waals surface area contributed by atoms with Gasteiger partial charge < -0.3 is 19.7 Å². The summed E-state index contributed by atoms with van der Waals surface area (Å²) < 4.78 is 12.9. The van der Waals surface area contributed by atoms with Gasteiger partial charge in [0.25, 0.3) is 0 Å². The molecule has 7 rings (SSSR count). The van der Waals surface area contributed by atoms with Crippen molar-refractivity contribution in [3.8, 4) is 33.8 Å². The molecule has 4 nitrogen and oxygen atoms in total. The first-order valence-electron chi connectivity index (χ1n) is 19.1. The number of aliphatic hydroxyl groups is 2. The molecule has 2 N–H and O–H groups in total. The molecule has 0 aliphatic carbocycles. The molecule has 0 aromatic heterocycles. The number of fused-ring (bicyclic) bond motifs is 2. The molecule has 0 fully saturated rings. The summed E-state index contributed by atoms with van der Waals surface area (Å²) >= 11 is 0. The van der Waals surface area contributed by atoms with E-state index in [-0.39, 0.29) is 38.3 Å². The molecule has 0 saturated carbocycles. The van der Waals surface area contributed by atoms with Crippen molar-refractivity contribution in [3.05, 3.63) is 167 Å². The Morgan fingerprint density at radius 2 is 0.870 bits per heavy atom. The second-order valence-electron chi connectivity index (χ2n) is 15.0. The van der Waals surface area contributed by atoms with E-state index in [2.05, 4.69) is 174 Å². The van der Waals surface area contributed by atoms with E-state index in [0.29, 0.717) is 0 Å². The summed E-state index contributed by atoms with van der Waals surface area (Å²) in [7, 11) is 0. The summed E-state index contributed by atoms with van der Waals surface area (Å²) in [6.07, 6.45) is 0. The van der Waals surface area contributed by atoms with Gasteiger partial charge in [0, 0.05) is 16.5 Å². The Labute approximate surface area is 319 Å². The molecular weight excluding hydrogens is 665 g/mol. The minimum absolute atomic E-state index is 0.0710. The summed E-state index contributed by atoms with van der Waals surface area (Å²) in [5.41, 5.74) is 9.13. The molecule has 0 aliphatic heterocycles. The van der Waals surface area contributed by atoms with Crippen LogP contribution >= 0.6 is 0 Å². The third-order valence-corrected chi connectivity index (χ3v) is 10.8. The molecule has 7 aromatic carbocycles. The Balaban J connectivity index is 1.55. The number of ether oxygens (including phenoxy) is 2. The Morgan fingerprint density at radius 1 is 0.463 bits per heavy atom. The van der Waals surface area contributed by atoms with Gasteiger partial charge in [0.05, 0.1) is 13.2 Å². The largest absolute Gasteiger partial charge is 0.490 e. The van der Waals surface area contributed by atoms with Crippen LogP contribution in [0.1, 0.15) is 74.3 Å². The number of hydrogen-bond donors (Lipinski definition) is 2. The normalized spacial score (nSPS) is 11.9. The highest BCUT2D eigenvalue weighted by molar-refractivity contribution is 5.90. The van der Waals surface area contributed by atoms with Gasteiger partial charge in [-0.25, -0.2) is 0 Å². The molecule has 0 bridgehead atoms. The fraction of sp³-hybridized carbons (Fsp3) is 0.240. The van der Waals surface area contributed by atoms with E-state index in [1.807, 2.05) is 0 Å². The van der Waals surface area contributed by atoms with Gasteiger partial charge in [-0.05, 0) is 104 Å². The number of rotatable bonds is 13. The van der Waals surface area contributed by atoms with Crippen molar-refractivity contribution in [3.63, 3.8) is 0 Å². The van der Waals surface area contributed by atoms with Crippen molar-refractivity contribution in [2.24, 2.45) is 0 Å². The molecule has 7 aromatic rings. The van der Waals surface area contributed by atoms with E-state index in [1.165, 1.54) is 10.8 Å². The summed E-state index contributed by atoms with van der Waals surface area (Å²) in [5.74, 6) is 1.90. The van der Waals surface area contributed by atoms with Crippen LogP contribution in [-0.2, 0) is 5.41 Å². The Bertz CT molecular complexity index is 2240. The zero-order chi connectivity index (χ0) is 37.8. The lowest BCUT2D eigenvalue weighted by atomic mass is 9.68. The van der Waals surface area contributed by atoms with Gasteiger partial charge in [-0.1, -0.05) is 143 Å². The van der Waals surface area contributed by atoms with Gasteiger partial charge in [0.2, 0.25) is 0 Å². The molecule has 0 saturated heterocycles. The number of aliphatic hydroxyl groups excluding tert-OH is 2. The molecule has 0 heterocycles. The van der Waals surface area contributed by atoms with Gasteiger partial charge in [-0.15, -0.1) is 0 Å². The van der Waals surface area contributed by atoms with Crippen LogP contribution in [0.3, 0.4) is 0 Å². The summed E-state index contributed by atoms with van der Waals surface area (Å²) in [4.78, 5) is 0. The maximum atomic E-state index is 9.92. The molecule has 4 heteroatoms. The molecule has 0 atom stereocenters. The Hall–Kier alpha value is -5.42. The quantitative estimate of drug-likeness (QED) is 0.117. The van der Waals surface area contributed by atoms with E-state index in [4.69, 9.17) is 9.47 Å². The zero-order valence-corrected chi connectivity index (χ0v) is 32.0. The Kier molecular flexibility index (Phi) is 10.9. The van der Waals surface area contributed by atoms with Crippen molar-refractivity contribution in [1.29, 1.82) is 0 Å². The van der Waals surface area contributed by atoms with Gasteiger partial charge in [0.15, 0.2) is 0 Å².